The molecule has 0 unspecified atom stereocenters. The minimum Gasteiger partial charge on any atom is -0.497 e. The van der Waals surface area contributed by atoms with Crippen LogP contribution in [0.2, 0.25) is 0 Å². The third kappa shape index (κ3) is 5.48. The Hall–Kier alpha value is -3.40. The van der Waals surface area contributed by atoms with Gasteiger partial charge < -0.3 is 15.0 Å². The minimum atomic E-state index is -0.568. The average molecular weight is 499 g/mol. The van der Waals surface area contributed by atoms with E-state index in [1.54, 1.807) is 18.6 Å². The molecule has 0 radical (unpaired) electrons. The number of amides is 2. The number of methoxy groups -OCH3 is 1. The van der Waals surface area contributed by atoms with E-state index in [2.05, 4.69) is 5.32 Å². The zero-order valence-corrected chi connectivity index (χ0v) is 20.8. The standard InChI is InChI=1S/C25H30N4O5S/c1-17-5-3-4-12-27(17)22(31)16-29-20-11-14-35-23(20)24(32)28(25(29)33)13-10-21(30)26-15-18-6-8-19(34-2)9-7-18/h6-9,11,14,17H,3-5,10,12-13,15-16H2,1-2H3,(H,26,30)/t17-/m1/s1. The molecule has 2 amide bonds. The van der Waals surface area contributed by atoms with Gasteiger partial charge in [-0.05, 0) is 55.3 Å². The largest absolute Gasteiger partial charge is 0.497 e. The average Bonchev–Trinajstić information content (AvgIpc) is 3.36. The predicted molar refractivity (Wildman–Crippen MR) is 135 cm³/mol. The van der Waals surface area contributed by atoms with Crippen LogP contribution in [0.1, 0.15) is 38.2 Å². The van der Waals surface area contributed by atoms with E-state index in [-0.39, 0.29) is 37.4 Å². The monoisotopic (exact) mass is 498 g/mol. The Morgan fingerprint density at radius 3 is 2.60 bits per heavy atom. The number of fused-ring (bicyclic) bond motifs is 1. The highest BCUT2D eigenvalue weighted by Crippen LogP contribution is 2.19. The highest BCUT2D eigenvalue weighted by molar-refractivity contribution is 7.17. The number of aromatic nitrogens is 2. The molecule has 1 fully saturated rings. The Bertz CT molecular complexity index is 1320. The van der Waals surface area contributed by atoms with Crippen molar-refractivity contribution in [1.82, 2.24) is 19.4 Å². The molecule has 1 saturated heterocycles. The van der Waals surface area contributed by atoms with E-state index in [0.717, 1.165) is 35.1 Å². The van der Waals surface area contributed by atoms with Crippen molar-refractivity contribution < 1.29 is 14.3 Å². The summed E-state index contributed by atoms with van der Waals surface area (Å²) in [7, 11) is 1.59. The van der Waals surface area contributed by atoms with Gasteiger partial charge in [0.05, 0.1) is 12.6 Å². The molecule has 0 bridgehead atoms. The second-order valence-electron chi connectivity index (χ2n) is 8.77. The van der Waals surface area contributed by atoms with Gasteiger partial charge in [-0.3, -0.25) is 23.5 Å². The molecule has 0 aliphatic carbocycles. The molecular formula is C25H30N4O5S. The molecule has 1 aliphatic rings. The quantitative estimate of drug-likeness (QED) is 0.514. The summed E-state index contributed by atoms with van der Waals surface area (Å²) in [6.45, 7) is 2.84. The van der Waals surface area contributed by atoms with E-state index in [9.17, 15) is 19.2 Å². The molecule has 2 aromatic heterocycles. The van der Waals surface area contributed by atoms with Crippen LogP contribution in [0.15, 0.2) is 45.3 Å². The Labute approximate surface area is 206 Å². The molecule has 1 atom stereocenters. The van der Waals surface area contributed by atoms with Crippen molar-refractivity contribution in [1.29, 1.82) is 0 Å². The summed E-state index contributed by atoms with van der Waals surface area (Å²) < 4.78 is 7.97. The van der Waals surface area contributed by atoms with Crippen LogP contribution < -0.4 is 21.3 Å². The Morgan fingerprint density at radius 2 is 1.89 bits per heavy atom. The number of carbonyl (C=O) groups excluding carboxylic acids is 2. The number of hydrogen-bond donors (Lipinski definition) is 1. The zero-order valence-electron chi connectivity index (χ0n) is 20.0. The summed E-state index contributed by atoms with van der Waals surface area (Å²) in [5.74, 6) is 0.324. The van der Waals surface area contributed by atoms with Crippen molar-refractivity contribution in [2.45, 2.75) is 58.3 Å². The van der Waals surface area contributed by atoms with Gasteiger partial charge >= 0.3 is 5.69 Å². The maximum atomic E-state index is 13.3. The molecule has 3 aromatic rings. The highest BCUT2D eigenvalue weighted by atomic mass is 32.1. The summed E-state index contributed by atoms with van der Waals surface area (Å²) in [4.78, 5) is 53.5. The number of piperidine rings is 1. The lowest BCUT2D eigenvalue weighted by molar-refractivity contribution is -0.135. The summed E-state index contributed by atoms with van der Waals surface area (Å²) in [5.41, 5.74) is 0.368. The second kappa shape index (κ2) is 10.9. The van der Waals surface area contributed by atoms with Crippen LogP contribution in [0.3, 0.4) is 0 Å². The highest BCUT2D eigenvalue weighted by Gasteiger charge is 2.25. The van der Waals surface area contributed by atoms with Crippen LogP contribution in [-0.4, -0.2) is 45.5 Å². The molecule has 10 heteroatoms. The number of carbonyl (C=O) groups is 2. The zero-order chi connectivity index (χ0) is 24.9. The summed E-state index contributed by atoms with van der Waals surface area (Å²) in [5, 5.41) is 4.55. The molecule has 4 rings (SSSR count). The summed E-state index contributed by atoms with van der Waals surface area (Å²) in [6.07, 6.45) is 2.95. The molecule has 9 nitrogen and oxygen atoms in total. The first kappa shape index (κ1) is 24.7. The third-order valence-electron chi connectivity index (χ3n) is 6.46. The van der Waals surface area contributed by atoms with Gasteiger partial charge in [-0.2, -0.15) is 0 Å². The van der Waals surface area contributed by atoms with Crippen molar-refractivity contribution in [2.24, 2.45) is 0 Å². The van der Waals surface area contributed by atoms with Crippen LogP contribution in [-0.2, 0) is 29.2 Å². The number of benzene rings is 1. The van der Waals surface area contributed by atoms with Gasteiger partial charge in [-0.15, -0.1) is 11.3 Å². The Morgan fingerprint density at radius 1 is 1.11 bits per heavy atom. The van der Waals surface area contributed by atoms with Crippen LogP contribution >= 0.6 is 11.3 Å². The van der Waals surface area contributed by atoms with Crippen LogP contribution in [0.4, 0.5) is 0 Å². The van der Waals surface area contributed by atoms with E-state index in [1.807, 2.05) is 36.1 Å². The fourth-order valence-electron chi connectivity index (χ4n) is 4.42. The van der Waals surface area contributed by atoms with E-state index in [4.69, 9.17) is 4.74 Å². The van der Waals surface area contributed by atoms with Crippen molar-refractivity contribution in [3.63, 3.8) is 0 Å². The third-order valence-corrected chi connectivity index (χ3v) is 7.36. The molecule has 186 valence electrons. The topological polar surface area (TPSA) is 103 Å². The number of thiophene rings is 1. The normalized spacial score (nSPS) is 15.8. The Kier molecular flexibility index (Phi) is 7.70. The number of hydrogen-bond acceptors (Lipinski definition) is 6. The van der Waals surface area contributed by atoms with E-state index < -0.39 is 11.2 Å². The smallest absolute Gasteiger partial charge is 0.332 e. The number of nitrogens with zero attached hydrogens (tertiary/aromatic N) is 3. The molecule has 0 spiro atoms. The molecular weight excluding hydrogens is 468 g/mol. The first-order valence-corrected chi connectivity index (χ1v) is 12.7. The van der Waals surface area contributed by atoms with E-state index in [0.29, 0.717) is 23.3 Å². The van der Waals surface area contributed by atoms with Gasteiger partial charge in [0.1, 0.15) is 17.0 Å². The van der Waals surface area contributed by atoms with Gasteiger partial charge in [0.15, 0.2) is 0 Å². The van der Waals surface area contributed by atoms with Crippen LogP contribution in [0.5, 0.6) is 5.75 Å². The molecule has 35 heavy (non-hydrogen) atoms. The van der Waals surface area contributed by atoms with E-state index in [1.165, 1.54) is 15.9 Å². The van der Waals surface area contributed by atoms with Gasteiger partial charge in [0.25, 0.3) is 5.56 Å². The lowest BCUT2D eigenvalue weighted by atomic mass is 10.0. The summed E-state index contributed by atoms with van der Waals surface area (Å²) in [6, 6.07) is 9.16. The maximum Gasteiger partial charge on any atom is 0.332 e. The molecule has 1 aromatic carbocycles. The Balaban J connectivity index is 1.48. The lowest BCUT2D eigenvalue weighted by Gasteiger charge is -2.33. The van der Waals surface area contributed by atoms with Gasteiger partial charge in [0, 0.05) is 32.1 Å². The minimum absolute atomic E-state index is 0.0285. The molecule has 1 aliphatic heterocycles. The van der Waals surface area contributed by atoms with Crippen molar-refractivity contribution in [2.75, 3.05) is 13.7 Å². The van der Waals surface area contributed by atoms with Gasteiger partial charge in [-0.1, -0.05) is 12.1 Å². The number of nitrogens with one attached hydrogen (secondary N) is 1. The van der Waals surface area contributed by atoms with Gasteiger partial charge in [-0.25, -0.2) is 4.79 Å². The maximum absolute atomic E-state index is 13.3. The van der Waals surface area contributed by atoms with Gasteiger partial charge in [0.2, 0.25) is 11.8 Å². The first-order valence-electron chi connectivity index (χ1n) is 11.8. The number of rotatable bonds is 8. The van der Waals surface area contributed by atoms with E-state index >= 15 is 0 Å². The first-order chi connectivity index (χ1) is 16.9. The predicted octanol–water partition coefficient (Wildman–Crippen LogP) is 2.34. The summed E-state index contributed by atoms with van der Waals surface area (Å²) >= 11 is 1.23. The van der Waals surface area contributed by atoms with Crippen molar-refractivity contribution in [3.8, 4) is 5.75 Å². The number of likely N-dealkylation sites (tertiary alicyclic amines) is 1. The molecule has 1 N–H and O–H groups in total. The molecule has 3 heterocycles. The van der Waals surface area contributed by atoms with Crippen molar-refractivity contribution in [3.05, 3.63) is 62.1 Å². The van der Waals surface area contributed by atoms with Crippen molar-refractivity contribution >= 4 is 33.4 Å². The van der Waals surface area contributed by atoms with Crippen LogP contribution in [0, 0.1) is 0 Å². The van der Waals surface area contributed by atoms with Crippen LogP contribution in [0.25, 0.3) is 10.2 Å². The fraction of sp³-hybridized carbons (Fsp3) is 0.440. The fourth-order valence-corrected chi connectivity index (χ4v) is 5.27. The molecule has 0 saturated carbocycles. The number of ether oxygens (including phenoxy) is 1. The lowest BCUT2D eigenvalue weighted by Crippen LogP contribution is -2.47. The SMILES string of the molecule is COc1ccc(CNC(=O)CCn2c(=O)c3sccc3n(CC(=O)N3CCCC[C@H]3C)c2=O)cc1. The second-order valence-corrected chi connectivity index (χ2v) is 9.68.